The molecular formula is C6H14O3. The second kappa shape index (κ2) is 4.73. The lowest BCUT2D eigenvalue weighted by molar-refractivity contribution is 0.00382. The molecule has 0 aromatic carbocycles. The van der Waals surface area contributed by atoms with Crippen LogP contribution >= 0.6 is 0 Å². The Kier molecular flexibility index (Phi) is 4.67. The number of hydrogen-bond donors (Lipinski definition) is 3. The van der Waals surface area contributed by atoms with Gasteiger partial charge in [0.25, 0.3) is 0 Å². The minimum Gasteiger partial charge on any atom is -0.396 e. The zero-order valence-electron chi connectivity index (χ0n) is 5.62. The van der Waals surface area contributed by atoms with Gasteiger partial charge in [-0.15, -0.1) is 0 Å². The summed E-state index contributed by atoms with van der Waals surface area (Å²) in [6.07, 6.45) is -0.659. The lowest BCUT2D eigenvalue weighted by Gasteiger charge is -2.13. The van der Waals surface area contributed by atoms with Crippen molar-refractivity contribution in [3.63, 3.8) is 0 Å². The highest BCUT2D eigenvalue weighted by Crippen LogP contribution is 2.00. The first-order chi connectivity index (χ1) is 4.22. The first kappa shape index (κ1) is 8.88. The second-order valence-corrected chi connectivity index (χ2v) is 2.06. The van der Waals surface area contributed by atoms with Gasteiger partial charge in [-0.05, 0) is 12.8 Å². The van der Waals surface area contributed by atoms with Crippen LogP contribution in [0.2, 0.25) is 0 Å². The van der Waals surface area contributed by atoms with Crippen LogP contribution in [0.5, 0.6) is 0 Å². The molecule has 9 heavy (non-hydrogen) atoms. The third-order valence-electron chi connectivity index (χ3n) is 1.29. The molecule has 0 bridgehead atoms. The van der Waals surface area contributed by atoms with Gasteiger partial charge in [0.05, 0.1) is 12.2 Å². The number of aliphatic hydroxyl groups excluding tert-OH is 3. The SMILES string of the molecule is CCC(O)C(O)CCO. The fourth-order valence-corrected chi connectivity index (χ4v) is 0.597. The van der Waals surface area contributed by atoms with E-state index in [1.807, 2.05) is 0 Å². The molecule has 0 saturated heterocycles. The Labute approximate surface area is 54.9 Å². The molecule has 2 atom stereocenters. The van der Waals surface area contributed by atoms with Crippen LogP contribution in [0.4, 0.5) is 0 Å². The largest absolute Gasteiger partial charge is 0.396 e. The summed E-state index contributed by atoms with van der Waals surface area (Å²) in [5.74, 6) is 0. The zero-order valence-corrected chi connectivity index (χ0v) is 5.62. The molecular weight excluding hydrogens is 120 g/mol. The molecule has 0 fully saturated rings. The molecule has 56 valence electrons. The van der Waals surface area contributed by atoms with Crippen molar-refractivity contribution in [2.75, 3.05) is 6.61 Å². The van der Waals surface area contributed by atoms with E-state index in [0.717, 1.165) is 0 Å². The Hall–Kier alpha value is -0.120. The monoisotopic (exact) mass is 134 g/mol. The molecule has 0 aliphatic carbocycles. The molecule has 0 amide bonds. The van der Waals surface area contributed by atoms with Crippen LogP contribution < -0.4 is 0 Å². The van der Waals surface area contributed by atoms with Gasteiger partial charge >= 0.3 is 0 Å². The van der Waals surface area contributed by atoms with Crippen LogP contribution in [0.25, 0.3) is 0 Å². The summed E-state index contributed by atoms with van der Waals surface area (Å²) in [6.45, 7) is 1.71. The molecule has 0 rings (SSSR count). The summed E-state index contributed by atoms with van der Waals surface area (Å²) in [4.78, 5) is 0. The Bertz CT molecular complexity index is 65.3. The van der Waals surface area contributed by atoms with Crippen molar-refractivity contribution >= 4 is 0 Å². The van der Waals surface area contributed by atoms with E-state index in [-0.39, 0.29) is 13.0 Å². The van der Waals surface area contributed by atoms with Crippen molar-refractivity contribution in [3.05, 3.63) is 0 Å². The van der Waals surface area contributed by atoms with E-state index in [1.165, 1.54) is 0 Å². The predicted molar refractivity (Wildman–Crippen MR) is 34.0 cm³/mol. The Morgan fingerprint density at radius 1 is 1.22 bits per heavy atom. The summed E-state index contributed by atoms with van der Waals surface area (Å²) in [5.41, 5.74) is 0. The average Bonchev–Trinajstić information content (AvgIpc) is 1.87. The zero-order chi connectivity index (χ0) is 7.28. The number of aliphatic hydroxyl groups is 3. The van der Waals surface area contributed by atoms with E-state index in [9.17, 15) is 0 Å². The lowest BCUT2D eigenvalue weighted by atomic mass is 10.1. The topological polar surface area (TPSA) is 60.7 Å². The third kappa shape index (κ3) is 3.46. The van der Waals surface area contributed by atoms with Crippen molar-refractivity contribution < 1.29 is 15.3 Å². The van der Waals surface area contributed by atoms with Crippen LogP contribution in [-0.4, -0.2) is 34.1 Å². The smallest absolute Gasteiger partial charge is 0.0820 e. The van der Waals surface area contributed by atoms with E-state index in [1.54, 1.807) is 6.92 Å². The molecule has 3 nitrogen and oxygen atoms in total. The highest BCUT2D eigenvalue weighted by Gasteiger charge is 2.11. The molecule has 0 heterocycles. The quantitative estimate of drug-likeness (QED) is 0.486. The van der Waals surface area contributed by atoms with Crippen LogP contribution in [0.1, 0.15) is 19.8 Å². The summed E-state index contributed by atoms with van der Waals surface area (Å²) >= 11 is 0. The highest BCUT2D eigenvalue weighted by molar-refractivity contribution is 4.63. The van der Waals surface area contributed by atoms with E-state index >= 15 is 0 Å². The van der Waals surface area contributed by atoms with Gasteiger partial charge in [0.15, 0.2) is 0 Å². The fraction of sp³-hybridized carbons (Fsp3) is 1.00. The molecule has 0 aliphatic heterocycles. The van der Waals surface area contributed by atoms with Crippen molar-refractivity contribution in [3.8, 4) is 0 Å². The van der Waals surface area contributed by atoms with Crippen molar-refractivity contribution in [1.29, 1.82) is 0 Å². The van der Waals surface area contributed by atoms with Crippen LogP contribution in [-0.2, 0) is 0 Å². The molecule has 0 radical (unpaired) electrons. The fourth-order valence-electron chi connectivity index (χ4n) is 0.597. The predicted octanol–water partition coefficient (Wildman–Crippen LogP) is -0.499. The maximum absolute atomic E-state index is 8.91. The minimum atomic E-state index is -0.764. The van der Waals surface area contributed by atoms with Gasteiger partial charge < -0.3 is 15.3 Å². The van der Waals surface area contributed by atoms with Gasteiger partial charge in [-0.25, -0.2) is 0 Å². The number of rotatable bonds is 4. The van der Waals surface area contributed by atoms with Crippen LogP contribution in [0.15, 0.2) is 0 Å². The molecule has 0 aliphatic rings. The van der Waals surface area contributed by atoms with Crippen LogP contribution in [0, 0.1) is 0 Å². The van der Waals surface area contributed by atoms with Crippen molar-refractivity contribution in [1.82, 2.24) is 0 Å². The molecule has 0 aromatic heterocycles. The first-order valence-corrected chi connectivity index (χ1v) is 3.19. The Morgan fingerprint density at radius 3 is 2.11 bits per heavy atom. The lowest BCUT2D eigenvalue weighted by Crippen LogP contribution is -2.25. The average molecular weight is 134 g/mol. The summed E-state index contributed by atoms with van der Waals surface area (Å²) in [5, 5.41) is 26.1. The minimum absolute atomic E-state index is 0.0712. The highest BCUT2D eigenvalue weighted by atomic mass is 16.3. The number of hydrogen-bond acceptors (Lipinski definition) is 3. The molecule has 2 unspecified atom stereocenters. The Balaban J connectivity index is 3.32. The summed E-state index contributed by atoms with van der Waals surface area (Å²) in [6, 6.07) is 0. The van der Waals surface area contributed by atoms with Gasteiger partial charge in [0.1, 0.15) is 0 Å². The van der Waals surface area contributed by atoms with Gasteiger partial charge in [0.2, 0.25) is 0 Å². The maximum atomic E-state index is 8.91. The van der Waals surface area contributed by atoms with E-state index < -0.39 is 12.2 Å². The molecule has 3 N–H and O–H groups in total. The third-order valence-corrected chi connectivity index (χ3v) is 1.29. The van der Waals surface area contributed by atoms with Crippen molar-refractivity contribution in [2.24, 2.45) is 0 Å². The Morgan fingerprint density at radius 2 is 1.78 bits per heavy atom. The molecule has 0 saturated carbocycles. The molecule has 0 aromatic rings. The molecule has 3 heteroatoms. The standard InChI is InChI=1S/C6H14O3/c1-2-5(8)6(9)3-4-7/h5-9H,2-4H2,1H3. The van der Waals surface area contributed by atoms with E-state index in [4.69, 9.17) is 15.3 Å². The first-order valence-electron chi connectivity index (χ1n) is 3.19. The van der Waals surface area contributed by atoms with Gasteiger partial charge in [-0.3, -0.25) is 0 Å². The van der Waals surface area contributed by atoms with Crippen LogP contribution in [0.3, 0.4) is 0 Å². The van der Waals surface area contributed by atoms with Gasteiger partial charge in [-0.1, -0.05) is 6.92 Å². The van der Waals surface area contributed by atoms with Crippen molar-refractivity contribution in [2.45, 2.75) is 32.0 Å². The maximum Gasteiger partial charge on any atom is 0.0820 e. The van der Waals surface area contributed by atoms with Gasteiger partial charge in [0, 0.05) is 6.61 Å². The second-order valence-electron chi connectivity index (χ2n) is 2.06. The van der Waals surface area contributed by atoms with E-state index in [0.29, 0.717) is 6.42 Å². The molecule has 0 spiro atoms. The van der Waals surface area contributed by atoms with E-state index in [2.05, 4.69) is 0 Å². The van der Waals surface area contributed by atoms with Gasteiger partial charge in [-0.2, -0.15) is 0 Å². The summed E-state index contributed by atoms with van der Waals surface area (Å²) in [7, 11) is 0. The normalized spacial score (nSPS) is 17.3. The summed E-state index contributed by atoms with van der Waals surface area (Å²) < 4.78 is 0.